The highest BCUT2D eigenvalue weighted by atomic mass is 16.3. The molecule has 1 heterocycles. The summed E-state index contributed by atoms with van der Waals surface area (Å²) in [6.07, 6.45) is 4.15. The first-order chi connectivity index (χ1) is 9.11. The highest BCUT2D eigenvalue weighted by molar-refractivity contribution is 5.95. The Kier molecular flexibility index (Phi) is 4.47. The molecule has 104 valence electrons. The molecule has 0 radical (unpaired) electrons. The van der Waals surface area contributed by atoms with Gasteiger partial charge in [0.2, 0.25) is 0 Å². The van der Waals surface area contributed by atoms with Crippen molar-refractivity contribution in [3.8, 4) is 0 Å². The molecule has 1 aliphatic carbocycles. The lowest BCUT2D eigenvalue weighted by atomic mass is 9.85. The molecule has 0 spiro atoms. The Balaban J connectivity index is 2.09. The van der Waals surface area contributed by atoms with E-state index in [1.165, 1.54) is 0 Å². The maximum absolute atomic E-state index is 12.3. The molecule has 1 fully saturated rings. The summed E-state index contributed by atoms with van der Waals surface area (Å²) in [5.74, 6) is 0.0646. The first kappa shape index (κ1) is 13.9. The van der Waals surface area contributed by atoms with Crippen molar-refractivity contribution in [1.82, 2.24) is 15.5 Å². The second-order valence-corrected chi connectivity index (χ2v) is 5.29. The molecule has 2 unspecified atom stereocenters. The Morgan fingerprint density at radius 3 is 2.84 bits per heavy atom. The van der Waals surface area contributed by atoms with Crippen molar-refractivity contribution in [2.45, 2.75) is 45.6 Å². The fraction of sp³-hybridized carbons (Fsp3) is 0.643. The van der Waals surface area contributed by atoms with Crippen LogP contribution >= 0.6 is 0 Å². The fourth-order valence-electron chi connectivity index (χ4n) is 2.64. The van der Waals surface area contributed by atoms with Crippen molar-refractivity contribution in [3.05, 3.63) is 23.0 Å². The van der Waals surface area contributed by atoms with Gasteiger partial charge in [0, 0.05) is 18.6 Å². The van der Waals surface area contributed by atoms with Gasteiger partial charge in [-0.3, -0.25) is 4.79 Å². The maximum Gasteiger partial charge on any atom is 0.253 e. The maximum atomic E-state index is 12.3. The van der Waals surface area contributed by atoms with Crippen LogP contribution in [0.5, 0.6) is 0 Å². The van der Waals surface area contributed by atoms with E-state index in [0.717, 1.165) is 31.4 Å². The van der Waals surface area contributed by atoms with Crippen molar-refractivity contribution in [2.24, 2.45) is 5.92 Å². The zero-order valence-corrected chi connectivity index (χ0v) is 11.5. The van der Waals surface area contributed by atoms with Gasteiger partial charge >= 0.3 is 0 Å². The van der Waals surface area contributed by atoms with Gasteiger partial charge in [-0.25, -0.2) is 0 Å². The van der Waals surface area contributed by atoms with Crippen LogP contribution in [-0.4, -0.2) is 33.9 Å². The predicted molar refractivity (Wildman–Crippen MR) is 71.8 cm³/mol. The second-order valence-electron chi connectivity index (χ2n) is 5.29. The molecule has 2 N–H and O–H groups in total. The standard InChI is InChI=1S/C14H21N3O2/c1-9-7-12(10(2)17-16-9)14(19)15-13-6-4-3-5-11(13)8-18/h7,11,13,18H,3-6,8H2,1-2H3,(H,15,19). The number of aromatic nitrogens is 2. The smallest absolute Gasteiger partial charge is 0.253 e. The number of nitrogens with one attached hydrogen (secondary N) is 1. The first-order valence-corrected chi connectivity index (χ1v) is 6.84. The van der Waals surface area contributed by atoms with Gasteiger partial charge in [-0.05, 0) is 32.8 Å². The van der Waals surface area contributed by atoms with Gasteiger partial charge in [-0.1, -0.05) is 12.8 Å². The third kappa shape index (κ3) is 3.29. The number of aryl methyl sites for hydroxylation is 2. The molecule has 5 nitrogen and oxygen atoms in total. The summed E-state index contributed by atoms with van der Waals surface area (Å²) in [6.45, 7) is 3.74. The molecule has 1 aromatic heterocycles. The molecule has 1 aliphatic rings. The zero-order valence-electron chi connectivity index (χ0n) is 11.5. The van der Waals surface area contributed by atoms with Crippen molar-refractivity contribution in [1.29, 1.82) is 0 Å². The molecule has 0 bridgehead atoms. The molecule has 0 aromatic carbocycles. The van der Waals surface area contributed by atoms with Gasteiger partial charge in [0.25, 0.3) is 5.91 Å². The highest BCUT2D eigenvalue weighted by Gasteiger charge is 2.26. The molecule has 2 atom stereocenters. The lowest BCUT2D eigenvalue weighted by molar-refractivity contribution is 0.0871. The van der Waals surface area contributed by atoms with Gasteiger partial charge in [0.05, 0.1) is 17.0 Å². The van der Waals surface area contributed by atoms with Crippen LogP contribution in [0.15, 0.2) is 6.07 Å². The van der Waals surface area contributed by atoms with Crippen molar-refractivity contribution >= 4 is 5.91 Å². The minimum atomic E-state index is -0.110. The lowest BCUT2D eigenvalue weighted by Gasteiger charge is -2.30. The summed E-state index contributed by atoms with van der Waals surface area (Å²) in [7, 11) is 0. The summed E-state index contributed by atoms with van der Waals surface area (Å²) in [6, 6.07) is 1.83. The molecule has 5 heteroatoms. The number of carbonyl (C=O) groups excluding carboxylic acids is 1. The minimum Gasteiger partial charge on any atom is -0.396 e. The molecule has 19 heavy (non-hydrogen) atoms. The van der Waals surface area contributed by atoms with Gasteiger partial charge in [0.15, 0.2) is 0 Å². The van der Waals surface area contributed by atoms with E-state index in [9.17, 15) is 9.90 Å². The summed E-state index contributed by atoms with van der Waals surface area (Å²) >= 11 is 0. The van der Waals surface area contributed by atoms with Crippen LogP contribution in [0.2, 0.25) is 0 Å². The number of carbonyl (C=O) groups is 1. The molecule has 1 aromatic rings. The van der Waals surface area contributed by atoms with E-state index in [2.05, 4.69) is 15.5 Å². The van der Waals surface area contributed by atoms with Gasteiger partial charge in [-0.2, -0.15) is 10.2 Å². The summed E-state index contributed by atoms with van der Waals surface area (Å²) in [5.41, 5.74) is 1.95. The van der Waals surface area contributed by atoms with Crippen LogP contribution in [0.4, 0.5) is 0 Å². The molecule has 1 amide bonds. The first-order valence-electron chi connectivity index (χ1n) is 6.84. The van der Waals surface area contributed by atoms with E-state index < -0.39 is 0 Å². The number of amides is 1. The Morgan fingerprint density at radius 1 is 1.37 bits per heavy atom. The topological polar surface area (TPSA) is 75.1 Å². The van der Waals surface area contributed by atoms with Crippen LogP contribution in [0.1, 0.15) is 47.4 Å². The summed E-state index contributed by atoms with van der Waals surface area (Å²) in [5, 5.41) is 20.3. The van der Waals surface area contributed by atoms with Crippen molar-refractivity contribution in [3.63, 3.8) is 0 Å². The Hall–Kier alpha value is -1.49. The SMILES string of the molecule is Cc1cc(C(=O)NC2CCCCC2CO)c(C)nn1. The largest absolute Gasteiger partial charge is 0.396 e. The van der Waals surface area contributed by atoms with Crippen LogP contribution in [-0.2, 0) is 0 Å². The molecular formula is C14H21N3O2. The number of hydrogen-bond acceptors (Lipinski definition) is 4. The van der Waals surface area contributed by atoms with E-state index in [0.29, 0.717) is 11.3 Å². The lowest BCUT2D eigenvalue weighted by Crippen LogP contribution is -2.43. The van der Waals surface area contributed by atoms with E-state index in [1.807, 2.05) is 6.92 Å². The van der Waals surface area contributed by atoms with Crippen LogP contribution in [0.25, 0.3) is 0 Å². The number of nitrogens with zero attached hydrogens (tertiary/aromatic N) is 2. The average molecular weight is 263 g/mol. The van der Waals surface area contributed by atoms with E-state index in [-0.39, 0.29) is 24.5 Å². The molecule has 0 aliphatic heterocycles. The van der Waals surface area contributed by atoms with Crippen molar-refractivity contribution < 1.29 is 9.90 Å². The number of hydrogen-bond donors (Lipinski definition) is 2. The van der Waals surface area contributed by atoms with Crippen LogP contribution in [0.3, 0.4) is 0 Å². The normalized spacial score (nSPS) is 23.1. The van der Waals surface area contributed by atoms with Crippen molar-refractivity contribution in [2.75, 3.05) is 6.61 Å². The third-order valence-electron chi connectivity index (χ3n) is 3.81. The molecule has 1 saturated carbocycles. The third-order valence-corrected chi connectivity index (χ3v) is 3.81. The van der Waals surface area contributed by atoms with Crippen LogP contribution < -0.4 is 5.32 Å². The van der Waals surface area contributed by atoms with E-state index in [4.69, 9.17) is 0 Å². The summed E-state index contributed by atoms with van der Waals surface area (Å²) in [4.78, 5) is 12.3. The Morgan fingerprint density at radius 2 is 2.11 bits per heavy atom. The number of aliphatic hydroxyl groups excluding tert-OH is 1. The van der Waals surface area contributed by atoms with Crippen LogP contribution in [0, 0.1) is 19.8 Å². The zero-order chi connectivity index (χ0) is 13.8. The highest BCUT2D eigenvalue weighted by Crippen LogP contribution is 2.24. The second kappa shape index (κ2) is 6.10. The Bertz CT molecular complexity index is 462. The quantitative estimate of drug-likeness (QED) is 0.863. The van der Waals surface area contributed by atoms with E-state index in [1.54, 1.807) is 13.0 Å². The number of rotatable bonds is 3. The molecule has 2 rings (SSSR count). The summed E-state index contributed by atoms with van der Waals surface area (Å²) < 4.78 is 0. The fourth-order valence-corrected chi connectivity index (χ4v) is 2.64. The van der Waals surface area contributed by atoms with Gasteiger partial charge in [0.1, 0.15) is 0 Å². The Labute approximate surface area is 113 Å². The monoisotopic (exact) mass is 263 g/mol. The van der Waals surface area contributed by atoms with E-state index >= 15 is 0 Å². The van der Waals surface area contributed by atoms with Gasteiger partial charge in [-0.15, -0.1) is 0 Å². The molecule has 0 saturated heterocycles. The molecular weight excluding hydrogens is 242 g/mol. The predicted octanol–water partition coefficient (Wildman–Crippen LogP) is 1.37. The average Bonchev–Trinajstić information content (AvgIpc) is 2.42. The number of aliphatic hydroxyl groups is 1. The van der Waals surface area contributed by atoms with Gasteiger partial charge < -0.3 is 10.4 Å². The minimum absolute atomic E-state index is 0.0686.